The molecule has 0 spiro atoms. The molecule has 19 heavy (non-hydrogen) atoms. The summed E-state index contributed by atoms with van der Waals surface area (Å²) in [5.74, 6) is -0.359. The molecule has 0 saturated heterocycles. The number of hydrogen-bond donors (Lipinski definition) is 2. The number of pyridine rings is 1. The number of anilines is 1. The molecule has 0 fully saturated rings. The van der Waals surface area contributed by atoms with Crippen LogP contribution in [0.3, 0.4) is 0 Å². The number of amides is 2. The third kappa shape index (κ3) is 3.66. The molecule has 0 bridgehead atoms. The molecule has 0 aliphatic carbocycles. The van der Waals surface area contributed by atoms with E-state index >= 15 is 0 Å². The number of aromatic nitrogens is 1. The molecule has 0 atom stereocenters. The van der Waals surface area contributed by atoms with Crippen molar-refractivity contribution in [2.45, 2.75) is 6.54 Å². The van der Waals surface area contributed by atoms with E-state index in [1.807, 2.05) is 0 Å². The molecule has 0 saturated carbocycles. The Kier molecular flexibility index (Phi) is 4.30. The van der Waals surface area contributed by atoms with Crippen LogP contribution >= 0.6 is 11.6 Å². The van der Waals surface area contributed by atoms with Crippen molar-refractivity contribution in [3.8, 4) is 0 Å². The first-order chi connectivity index (χ1) is 9.16. The van der Waals surface area contributed by atoms with Crippen molar-refractivity contribution in [2.75, 3.05) is 5.32 Å². The van der Waals surface area contributed by atoms with Gasteiger partial charge in [0.25, 0.3) is 0 Å². The minimum atomic E-state index is -0.474. The van der Waals surface area contributed by atoms with Gasteiger partial charge in [0.1, 0.15) is 5.82 Å². The van der Waals surface area contributed by atoms with Crippen LogP contribution < -0.4 is 10.6 Å². The molecule has 2 rings (SSSR count). The van der Waals surface area contributed by atoms with E-state index in [0.29, 0.717) is 11.3 Å². The SMILES string of the molecule is O=C(NCc1ccccc1F)Nc1cccnc1Cl. The van der Waals surface area contributed by atoms with Gasteiger partial charge in [-0.05, 0) is 18.2 Å². The Morgan fingerprint density at radius 2 is 2.05 bits per heavy atom. The second-order valence-electron chi connectivity index (χ2n) is 3.74. The highest BCUT2D eigenvalue weighted by Gasteiger charge is 2.06. The zero-order chi connectivity index (χ0) is 13.7. The number of benzene rings is 1. The zero-order valence-electron chi connectivity index (χ0n) is 9.86. The third-order valence-corrected chi connectivity index (χ3v) is 2.71. The Labute approximate surface area is 114 Å². The van der Waals surface area contributed by atoms with Gasteiger partial charge in [0.15, 0.2) is 5.15 Å². The number of rotatable bonds is 3. The molecule has 6 heteroatoms. The van der Waals surface area contributed by atoms with E-state index in [0.717, 1.165) is 0 Å². The number of carbonyl (C=O) groups is 1. The van der Waals surface area contributed by atoms with Crippen molar-refractivity contribution in [3.05, 3.63) is 59.1 Å². The van der Waals surface area contributed by atoms with Crippen LogP contribution in [0.4, 0.5) is 14.9 Å². The highest BCUT2D eigenvalue weighted by Crippen LogP contribution is 2.17. The molecule has 0 unspecified atom stereocenters. The molecule has 0 aliphatic heterocycles. The summed E-state index contributed by atoms with van der Waals surface area (Å²) in [4.78, 5) is 15.4. The fraction of sp³-hybridized carbons (Fsp3) is 0.0769. The summed E-state index contributed by atoms with van der Waals surface area (Å²) in [6.07, 6.45) is 1.52. The lowest BCUT2D eigenvalue weighted by Crippen LogP contribution is -2.28. The summed E-state index contributed by atoms with van der Waals surface area (Å²) >= 11 is 5.80. The normalized spacial score (nSPS) is 10.0. The van der Waals surface area contributed by atoms with E-state index in [1.165, 1.54) is 12.3 Å². The molecular weight excluding hydrogens is 269 g/mol. The standard InChI is InChI=1S/C13H11ClFN3O/c14-12-11(6-3-7-16-12)18-13(19)17-8-9-4-1-2-5-10(9)15/h1-7H,8H2,(H2,17,18,19). The van der Waals surface area contributed by atoms with E-state index in [-0.39, 0.29) is 17.5 Å². The zero-order valence-corrected chi connectivity index (χ0v) is 10.6. The predicted octanol–water partition coefficient (Wildman–Crippen LogP) is 3.20. The number of carbonyl (C=O) groups excluding carboxylic acids is 1. The maximum Gasteiger partial charge on any atom is 0.319 e. The fourth-order valence-corrected chi connectivity index (χ4v) is 1.63. The third-order valence-electron chi connectivity index (χ3n) is 2.40. The molecule has 98 valence electrons. The van der Waals surface area contributed by atoms with Gasteiger partial charge in [-0.2, -0.15) is 0 Å². The number of nitrogens with one attached hydrogen (secondary N) is 2. The van der Waals surface area contributed by atoms with Gasteiger partial charge in [0.05, 0.1) is 5.69 Å². The minimum absolute atomic E-state index is 0.0936. The van der Waals surface area contributed by atoms with Crippen molar-refractivity contribution < 1.29 is 9.18 Å². The first-order valence-electron chi connectivity index (χ1n) is 5.55. The number of halogens is 2. The summed E-state index contributed by atoms with van der Waals surface area (Å²) in [5, 5.41) is 5.27. The van der Waals surface area contributed by atoms with Crippen LogP contribution in [0, 0.1) is 5.82 Å². The summed E-state index contributed by atoms with van der Waals surface area (Å²) in [7, 11) is 0. The maximum atomic E-state index is 13.3. The largest absolute Gasteiger partial charge is 0.334 e. The van der Waals surface area contributed by atoms with Crippen LogP contribution in [0.25, 0.3) is 0 Å². The van der Waals surface area contributed by atoms with E-state index in [9.17, 15) is 9.18 Å². The maximum absolute atomic E-state index is 13.3. The van der Waals surface area contributed by atoms with E-state index < -0.39 is 6.03 Å². The van der Waals surface area contributed by atoms with Gasteiger partial charge in [-0.15, -0.1) is 0 Å². The first-order valence-corrected chi connectivity index (χ1v) is 5.93. The molecule has 2 amide bonds. The van der Waals surface area contributed by atoms with E-state index in [2.05, 4.69) is 15.6 Å². The average Bonchev–Trinajstić information content (AvgIpc) is 2.40. The number of urea groups is 1. The fourth-order valence-electron chi connectivity index (χ4n) is 1.46. The van der Waals surface area contributed by atoms with Crippen LogP contribution in [0.2, 0.25) is 5.15 Å². The second-order valence-corrected chi connectivity index (χ2v) is 4.10. The molecule has 0 aliphatic rings. The van der Waals surface area contributed by atoms with Crippen LogP contribution in [-0.2, 0) is 6.54 Å². The molecule has 2 aromatic rings. The predicted molar refractivity (Wildman–Crippen MR) is 71.5 cm³/mol. The lowest BCUT2D eigenvalue weighted by Gasteiger charge is -2.08. The molecule has 1 heterocycles. The van der Waals surface area contributed by atoms with Crippen LogP contribution in [0.5, 0.6) is 0 Å². The van der Waals surface area contributed by atoms with Gasteiger partial charge in [-0.1, -0.05) is 29.8 Å². The minimum Gasteiger partial charge on any atom is -0.334 e. The highest BCUT2D eigenvalue weighted by atomic mass is 35.5. The quantitative estimate of drug-likeness (QED) is 0.848. The Morgan fingerprint density at radius 3 is 2.79 bits per heavy atom. The summed E-state index contributed by atoms with van der Waals surface area (Å²) in [6.45, 7) is 0.0936. The van der Waals surface area contributed by atoms with Crippen molar-refractivity contribution in [1.82, 2.24) is 10.3 Å². The monoisotopic (exact) mass is 279 g/mol. The van der Waals surface area contributed by atoms with Gasteiger partial charge >= 0.3 is 6.03 Å². The van der Waals surface area contributed by atoms with E-state index in [1.54, 1.807) is 30.3 Å². The lowest BCUT2D eigenvalue weighted by atomic mass is 10.2. The Balaban J connectivity index is 1.92. The van der Waals surface area contributed by atoms with Crippen molar-refractivity contribution in [3.63, 3.8) is 0 Å². The molecule has 4 nitrogen and oxygen atoms in total. The van der Waals surface area contributed by atoms with Crippen molar-refractivity contribution in [2.24, 2.45) is 0 Å². The molecule has 1 aromatic heterocycles. The Morgan fingerprint density at radius 1 is 1.26 bits per heavy atom. The first kappa shape index (κ1) is 13.3. The summed E-state index contributed by atoms with van der Waals surface area (Å²) in [5.41, 5.74) is 0.810. The van der Waals surface area contributed by atoms with E-state index in [4.69, 9.17) is 11.6 Å². The Hall–Kier alpha value is -2.14. The molecule has 2 N–H and O–H groups in total. The topological polar surface area (TPSA) is 54.0 Å². The smallest absolute Gasteiger partial charge is 0.319 e. The molecule has 0 radical (unpaired) electrons. The summed E-state index contributed by atoms with van der Waals surface area (Å²) < 4.78 is 13.3. The average molecular weight is 280 g/mol. The van der Waals surface area contributed by atoms with Crippen LogP contribution in [0.15, 0.2) is 42.6 Å². The van der Waals surface area contributed by atoms with Crippen LogP contribution in [-0.4, -0.2) is 11.0 Å². The second kappa shape index (κ2) is 6.15. The number of hydrogen-bond acceptors (Lipinski definition) is 2. The van der Waals surface area contributed by atoms with Crippen molar-refractivity contribution >= 4 is 23.3 Å². The van der Waals surface area contributed by atoms with Gasteiger partial charge < -0.3 is 10.6 Å². The number of nitrogens with zero attached hydrogens (tertiary/aromatic N) is 1. The highest BCUT2D eigenvalue weighted by molar-refractivity contribution is 6.32. The Bertz CT molecular complexity index is 592. The van der Waals surface area contributed by atoms with Gasteiger partial charge in [-0.3, -0.25) is 0 Å². The lowest BCUT2D eigenvalue weighted by molar-refractivity contribution is 0.251. The molecular formula is C13H11ClFN3O. The van der Waals surface area contributed by atoms with Gasteiger partial charge in [0.2, 0.25) is 0 Å². The summed E-state index contributed by atoms with van der Waals surface area (Å²) in [6, 6.07) is 9.04. The van der Waals surface area contributed by atoms with Crippen molar-refractivity contribution in [1.29, 1.82) is 0 Å². The van der Waals surface area contributed by atoms with Crippen LogP contribution in [0.1, 0.15) is 5.56 Å². The van der Waals surface area contributed by atoms with Gasteiger partial charge in [-0.25, -0.2) is 14.2 Å². The molecule has 1 aromatic carbocycles. The van der Waals surface area contributed by atoms with Gasteiger partial charge in [0, 0.05) is 18.3 Å².